The van der Waals surface area contributed by atoms with Gasteiger partial charge >= 0.3 is 12.1 Å². The highest BCUT2D eigenvalue weighted by Gasteiger charge is 2.45. The third-order valence-corrected chi connectivity index (χ3v) is 4.72. The normalized spacial score (nSPS) is 18.0. The molecule has 3 rings (SSSR count). The van der Waals surface area contributed by atoms with E-state index in [9.17, 15) is 9.59 Å². The maximum atomic E-state index is 12.8. The van der Waals surface area contributed by atoms with Crippen LogP contribution in [0.15, 0.2) is 54.6 Å². The molecule has 2 aromatic rings. The lowest BCUT2D eigenvalue weighted by molar-refractivity contribution is 0.0205. The van der Waals surface area contributed by atoms with E-state index in [1.807, 2.05) is 39.0 Å². The molecule has 2 aromatic carbocycles. The van der Waals surface area contributed by atoms with Gasteiger partial charge in [-0.1, -0.05) is 30.3 Å². The molecule has 2 atom stereocenters. The first-order valence-corrected chi connectivity index (χ1v) is 9.75. The van der Waals surface area contributed by atoms with Crippen LogP contribution in [0.3, 0.4) is 0 Å². The van der Waals surface area contributed by atoms with Crippen molar-refractivity contribution in [3.63, 3.8) is 0 Å². The van der Waals surface area contributed by atoms with Gasteiger partial charge in [-0.15, -0.1) is 0 Å². The van der Waals surface area contributed by atoms with Crippen molar-refractivity contribution in [2.45, 2.75) is 44.8 Å². The van der Waals surface area contributed by atoms with Gasteiger partial charge < -0.3 is 19.5 Å². The number of hydrogen-bond acceptors (Lipinski definition) is 4. The average molecular weight is 397 g/mol. The van der Waals surface area contributed by atoms with Crippen LogP contribution >= 0.6 is 0 Å². The number of carbonyl (C=O) groups is 2. The smallest absolute Gasteiger partial charge is 0.410 e. The summed E-state index contributed by atoms with van der Waals surface area (Å²) in [7, 11) is 0. The number of aromatic carboxylic acids is 1. The summed E-state index contributed by atoms with van der Waals surface area (Å²) in [6.45, 7) is 6.24. The first kappa shape index (κ1) is 20.7. The van der Waals surface area contributed by atoms with E-state index in [0.717, 1.165) is 6.42 Å². The second-order valence-electron chi connectivity index (χ2n) is 8.17. The fraction of sp³-hybridized carbons (Fsp3) is 0.391. The van der Waals surface area contributed by atoms with Crippen LogP contribution in [0.1, 0.15) is 49.0 Å². The molecule has 1 fully saturated rings. The summed E-state index contributed by atoms with van der Waals surface area (Å²) < 4.78 is 11.3. The molecule has 0 saturated heterocycles. The maximum absolute atomic E-state index is 12.8. The fourth-order valence-electron chi connectivity index (χ4n) is 3.25. The Morgan fingerprint density at radius 1 is 1.07 bits per heavy atom. The minimum absolute atomic E-state index is 0.0882. The molecule has 1 amide bonds. The average Bonchev–Trinajstić information content (AvgIpc) is 3.45. The van der Waals surface area contributed by atoms with Gasteiger partial charge in [0.2, 0.25) is 0 Å². The molecule has 6 nitrogen and oxygen atoms in total. The number of amides is 1. The van der Waals surface area contributed by atoms with Crippen LogP contribution in [-0.2, 0) is 4.74 Å². The summed E-state index contributed by atoms with van der Waals surface area (Å²) in [6, 6.07) is 16.5. The van der Waals surface area contributed by atoms with E-state index in [1.54, 1.807) is 17.0 Å². The monoisotopic (exact) mass is 397 g/mol. The molecule has 6 heteroatoms. The summed E-state index contributed by atoms with van der Waals surface area (Å²) in [4.78, 5) is 25.4. The van der Waals surface area contributed by atoms with Gasteiger partial charge in [0.1, 0.15) is 18.0 Å². The standard InChI is InChI=1S/C23H27NO5/c1-23(2,3)29-22(27)24(20-15-19(20)16-7-5-4-6-8-16)13-14-28-18-11-9-17(10-12-18)21(25)26/h4-12,19-20H,13-15H2,1-3H3,(H,25,26). The molecule has 0 radical (unpaired) electrons. The first-order valence-electron chi connectivity index (χ1n) is 9.75. The lowest BCUT2D eigenvalue weighted by atomic mass is 10.1. The molecule has 2 unspecified atom stereocenters. The van der Waals surface area contributed by atoms with E-state index in [2.05, 4.69) is 12.1 Å². The number of nitrogens with zero attached hydrogens (tertiary/aromatic N) is 1. The van der Waals surface area contributed by atoms with Crippen LogP contribution < -0.4 is 4.74 Å². The Balaban J connectivity index is 1.62. The Bertz CT molecular complexity index is 842. The Kier molecular flexibility index (Phi) is 6.11. The predicted octanol–water partition coefficient (Wildman–Crippen LogP) is 4.56. The van der Waals surface area contributed by atoms with E-state index in [0.29, 0.717) is 24.8 Å². The van der Waals surface area contributed by atoms with Crippen molar-refractivity contribution in [1.29, 1.82) is 0 Å². The summed E-state index contributed by atoms with van der Waals surface area (Å²) >= 11 is 0. The third kappa shape index (κ3) is 5.73. The van der Waals surface area contributed by atoms with Gasteiger partial charge in [0, 0.05) is 12.0 Å². The molecular formula is C23H27NO5. The summed E-state index contributed by atoms with van der Waals surface area (Å²) in [6.07, 6.45) is 0.557. The van der Waals surface area contributed by atoms with E-state index in [-0.39, 0.29) is 17.7 Å². The van der Waals surface area contributed by atoms with Crippen molar-refractivity contribution >= 4 is 12.1 Å². The van der Waals surface area contributed by atoms with Gasteiger partial charge in [0.15, 0.2) is 0 Å². The molecule has 0 heterocycles. The van der Waals surface area contributed by atoms with Crippen LogP contribution in [0.5, 0.6) is 5.75 Å². The zero-order chi connectivity index (χ0) is 21.0. The maximum Gasteiger partial charge on any atom is 0.410 e. The lowest BCUT2D eigenvalue weighted by Crippen LogP contribution is -2.41. The number of benzene rings is 2. The van der Waals surface area contributed by atoms with Gasteiger partial charge in [-0.05, 0) is 57.0 Å². The number of hydrogen-bond donors (Lipinski definition) is 1. The molecule has 1 N–H and O–H groups in total. The highest BCUT2D eigenvalue weighted by molar-refractivity contribution is 5.87. The van der Waals surface area contributed by atoms with Gasteiger partial charge in [-0.2, -0.15) is 0 Å². The van der Waals surface area contributed by atoms with Crippen LogP contribution in [0.4, 0.5) is 4.79 Å². The highest BCUT2D eigenvalue weighted by Crippen LogP contribution is 2.45. The minimum atomic E-state index is -0.978. The molecule has 0 aromatic heterocycles. The molecule has 1 saturated carbocycles. The molecule has 0 bridgehead atoms. The Hall–Kier alpha value is -3.02. The topological polar surface area (TPSA) is 76.1 Å². The van der Waals surface area contributed by atoms with Gasteiger partial charge in [0.25, 0.3) is 0 Å². The van der Waals surface area contributed by atoms with E-state index >= 15 is 0 Å². The van der Waals surface area contributed by atoms with Crippen molar-refractivity contribution in [2.24, 2.45) is 0 Å². The number of ether oxygens (including phenoxy) is 2. The minimum Gasteiger partial charge on any atom is -0.492 e. The predicted molar refractivity (Wildman–Crippen MR) is 109 cm³/mol. The van der Waals surface area contributed by atoms with E-state index in [1.165, 1.54) is 17.7 Å². The van der Waals surface area contributed by atoms with Crippen molar-refractivity contribution in [1.82, 2.24) is 4.90 Å². The van der Waals surface area contributed by atoms with Crippen molar-refractivity contribution < 1.29 is 24.2 Å². The molecule has 29 heavy (non-hydrogen) atoms. The van der Waals surface area contributed by atoms with Crippen LogP contribution in [0.2, 0.25) is 0 Å². The summed E-state index contributed by atoms with van der Waals surface area (Å²) in [5.41, 5.74) is 0.854. The third-order valence-electron chi connectivity index (χ3n) is 4.72. The second kappa shape index (κ2) is 8.55. The van der Waals surface area contributed by atoms with Gasteiger partial charge in [-0.25, -0.2) is 9.59 Å². The zero-order valence-corrected chi connectivity index (χ0v) is 17.0. The Labute approximate surface area is 171 Å². The molecular weight excluding hydrogens is 370 g/mol. The largest absolute Gasteiger partial charge is 0.492 e. The van der Waals surface area contributed by atoms with Gasteiger partial charge in [0.05, 0.1) is 12.1 Å². The number of carbonyl (C=O) groups excluding carboxylic acids is 1. The second-order valence-corrected chi connectivity index (χ2v) is 8.17. The summed E-state index contributed by atoms with van der Waals surface area (Å²) in [5, 5.41) is 8.97. The molecule has 154 valence electrons. The molecule has 0 spiro atoms. The van der Waals surface area contributed by atoms with Gasteiger partial charge in [-0.3, -0.25) is 0 Å². The van der Waals surface area contributed by atoms with Crippen molar-refractivity contribution in [2.75, 3.05) is 13.2 Å². The summed E-state index contributed by atoms with van der Waals surface area (Å²) in [5.74, 6) is -0.110. The van der Waals surface area contributed by atoms with Crippen molar-refractivity contribution in [3.05, 3.63) is 65.7 Å². The van der Waals surface area contributed by atoms with Crippen LogP contribution in [-0.4, -0.2) is 46.9 Å². The highest BCUT2D eigenvalue weighted by atomic mass is 16.6. The van der Waals surface area contributed by atoms with Crippen molar-refractivity contribution in [3.8, 4) is 5.75 Å². The number of carboxylic acid groups (broad SMARTS) is 1. The zero-order valence-electron chi connectivity index (χ0n) is 17.0. The SMILES string of the molecule is CC(C)(C)OC(=O)N(CCOc1ccc(C(=O)O)cc1)C1CC1c1ccccc1. The first-order chi connectivity index (χ1) is 13.7. The Morgan fingerprint density at radius 3 is 2.31 bits per heavy atom. The molecule has 0 aliphatic heterocycles. The molecule has 1 aliphatic rings. The molecule has 1 aliphatic carbocycles. The fourth-order valence-corrected chi connectivity index (χ4v) is 3.25. The quantitative estimate of drug-likeness (QED) is 0.741. The van der Waals surface area contributed by atoms with Crippen LogP contribution in [0, 0.1) is 0 Å². The van der Waals surface area contributed by atoms with E-state index in [4.69, 9.17) is 14.6 Å². The van der Waals surface area contributed by atoms with E-state index < -0.39 is 11.6 Å². The number of carboxylic acids is 1. The van der Waals surface area contributed by atoms with Crippen LogP contribution in [0.25, 0.3) is 0 Å². The number of rotatable bonds is 7. The lowest BCUT2D eigenvalue weighted by Gasteiger charge is -2.28. The Morgan fingerprint density at radius 2 is 1.72 bits per heavy atom.